The molecule has 4 aliphatic rings. The third-order valence-electron chi connectivity index (χ3n) is 12.1. The fourth-order valence-corrected chi connectivity index (χ4v) is 11.7. The van der Waals surface area contributed by atoms with Gasteiger partial charge in [0.15, 0.2) is 0 Å². The average Bonchev–Trinajstić information content (AvgIpc) is 3.67. The summed E-state index contributed by atoms with van der Waals surface area (Å²) in [5, 5.41) is 22.6. The van der Waals surface area contributed by atoms with E-state index in [2.05, 4.69) is 110 Å². The summed E-state index contributed by atoms with van der Waals surface area (Å²) in [5.41, 5.74) is 13.6. The van der Waals surface area contributed by atoms with Gasteiger partial charge in [0.1, 0.15) is 17.5 Å². The molecule has 2 aliphatic heterocycles. The van der Waals surface area contributed by atoms with Crippen LogP contribution in [0, 0.1) is 23.2 Å². The van der Waals surface area contributed by atoms with Gasteiger partial charge in [-0.25, -0.2) is 9.97 Å². The SMILES string of the molecule is CC1CC1C1CN(Cc2ccc3c(-c4cnn(C)c4)cc(C(N)=O)nc3c2)CCS1.CCCCC1CN(CC2=CCC=c3c(-c4cnn(C)c4)cc(C#N)nc3=C2)CCS1. The highest BCUT2D eigenvalue weighted by atomic mass is 32.2. The molecule has 1 amide bonds. The molecule has 13 heteroatoms. The van der Waals surface area contributed by atoms with Crippen molar-refractivity contribution >= 4 is 52.5 Å². The number of hydrogen-bond acceptors (Lipinski definition) is 10. The predicted molar refractivity (Wildman–Crippen MR) is 246 cm³/mol. The first-order valence-electron chi connectivity index (χ1n) is 21.4. The van der Waals surface area contributed by atoms with E-state index in [0.717, 1.165) is 105 Å². The molecule has 4 unspecified atom stereocenters. The van der Waals surface area contributed by atoms with Crippen molar-refractivity contribution in [2.24, 2.45) is 31.7 Å². The van der Waals surface area contributed by atoms with Crippen molar-refractivity contribution in [2.45, 2.75) is 63.0 Å². The lowest BCUT2D eigenvalue weighted by molar-refractivity contribution is 0.0996. The van der Waals surface area contributed by atoms with Gasteiger partial charge in [0.05, 0.1) is 23.3 Å². The minimum Gasteiger partial charge on any atom is -0.364 e. The van der Waals surface area contributed by atoms with Gasteiger partial charge in [0, 0.05) is 109 Å². The van der Waals surface area contributed by atoms with E-state index in [1.165, 1.54) is 54.9 Å². The Morgan fingerprint density at radius 2 is 1.67 bits per heavy atom. The monoisotopic (exact) mass is 840 g/mol. The second kappa shape index (κ2) is 18.9. The number of nitrogens with zero attached hydrogens (tertiary/aromatic N) is 9. The van der Waals surface area contributed by atoms with Gasteiger partial charge in [-0.1, -0.05) is 51.0 Å². The molecule has 3 fully saturated rings. The molecule has 0 bridgehead atoms. The van der Waals surface area contributed by atoms with E-state index in [0.29, 0.717) is 5.69 Å². The third kappa shape index (κ3) is 10.1. The summed E-state index contributed by atoms with van der Waals surface area (Å²) >= 11 is 4.28. The Kier molecular flexibility index (Phi) is 13.2. The van der Waals surface area contributed by atoms with Crippen LogP contribution in [0.4, 0.5) is 0 Å². The lowest BCUT2D eigenvalue weighted by Crippen LogP contribution is -2.39. The summed E-state index contributed by atoms with van der Waals surface area (Å²) < 4.78 is 3.55. The van der Waals surface area contributed by atoms with Crippen LogP contribution < -0.4 is 16.3 Å². The summed E-state index contributed by atoms with van der Waals surface area (Å²) in [4.78, 5) is 26.2. The quantitative estimate of drug-likeness (QED) is 0.165. The highest BCUT2D eigenvalue weighted by Crippen LogP contribution is 2.46. The Hall–Kier alpha value is -4.74. The van der Waals surface area contributed by atoms with E-state index in [9.17, 15) is 10.1 Å². The number of hydrogen-bond donors (Lipinski definition) is 1. The third-order valence-corrected chi connectivity index (χ3v) is 14.7. The number of fused-ring (bicyclic) bond motifs is 2. The number of aromatic nitrogens is 6. The van der Waals surface area contributed by atoms with Crippen LogP contribution in [0.25, 0.3) is 45.3 Å². The van der Waals surface area contributed by atoms with E-state index in [4.69, 9.17) is 5.73 Å². The maximum Gasteiger partial charge on any atom is 0.267 e. The van der Waals surface area contributed by atoms with Crippen molar-refractivity contribution in [2.75, 3.05) is 44.2 Å². The molecule has 0 spiro atoms. The van der Waals surface area contributed by atoms with Gasteiger partial charge in [-0.3, -0.25) is 24.0 Å². The van der Waals surface area contributed by atoms with E-state index in [-0.39, 0.29) is 5.69 Å². The van der Waals surface area contributed by atoms with Crippen molar-refractivity contribution in [1.29, 1.82) is 5.26 Å². The fraction of sp³-hybridized carbons (Fsp3) is 0.447. The minimum atomic E-state index is -0.512. The number of rotatable bonds is 11. The van der Waals surface area contributed by atoms with Crippen LogP contribution in [0.2, 0.25) is 0 Å². The molecule has 1 aromatic carbocycles. The number of nitrogens with two attached hydrogens (primary N) is 1. The zero-order valence-corrected chi connectivity index (χ0v) is 36.9. The van der Waals surface area contributed by atoms with Gasteiger partial charge in [0.2, 0.25) is 0 Å². The van der Waals surface area contributed by atoms with Crippen LogP contribution in [-0.4, -0.2) is 100.0 Å². The first kappa shape index (κ1) is 42.0. The Balaban J connectivity index is 0.000000166. The van der Waals surface area contributed by atoms with Crippen LogP contribution in [0.5, 0.6) is 0 Å². The largest absolute Gasteiger partial charge is 0.364 e. The molecular formula is C47H56N10OS2. The van der Waals surface area contributed by atoms with Gasteiger partial charge in [-0.2, -0.15) is 39.0 Å². The van der Waals surface area contributed by atoms with Crippen molar-refractivity contribution in [3.05, 3.63) is 94.3 Å². The molecule has 5 aromatic rings. The van der Waals surface area contributed by atoms with Crippen molar-refractivity contribution in [3.63, 3.8) is 0 Å². The normalized spacial score (nSPS) is 21.7. The summed E-state index contributed by atoms with van der Waals surface area (Å²) in [6, 6.07) is 12.3. The molecule has 2 aliphatic carbocycles. The number of carbonyl (C=O) groups excluding carboxylic acids is 1. The van der Waals surface area contributed by atoms with Crippen LogP contribution in [0.15, 0.2) is 66.8 Å². The molecule has 2 saturated heterocycles. The molecular weight excluding hydrogens is 785 g/mol. The summed E-state index contributed by atoms with van der Waals surface area (Å²) in [6.45, 7) is 11.1. The van der Waals surface area contributed by atoms with Crippen molar-refractivity contribution in [3.8, 4) is 28.3 Å². The summed E-state index contributed by atoms with van der Waals surface area (Å²) in [6.07, 6.45) is 20.5. The molecule has 4 aromatic heterocycles. The van der Waals surface area contributed by atoms with Crippen molar-refractivity contribution < 1.29 is 4.79 Å². The van der Waals surface area contributed by atoms with Gasteiger partial charge in [-0.05, 0) is 77.6 Å². The molecule has 6 heterocycles. The topological polar surface area (TPSA) is 135 Å². The summed E-state index contributed by atoms with van der Waals surface area (Å²) in [5.74, 6) is 3.70. The number of pyridine rings is 2. The minimum absolute atomic E-state index is 0.288. The zero-order valence-electron chi connectivity index (χ0n) is 35.3. The number of nitriles is 1. The number of aryl methyl sites for hydroxylation is 2. The Bertz CT molecular complexity index is 2550. The van der Waals surface area contributed by atoms with E-state index in [1.807, 2.05) is 38.8 Å². The van der Waals surface area contributed by atoms with Crippen LogP contribution in [-0.2, 0) is 20.6 Å². The lowest BCUT2D eigenvalue weighted by atomic mass is 10.0. The molecule has 1 saturated carbocycles. The molecule has 4 atom stereocenters. The number of carbonyl (C=O) groups is 1. The van der Waals surface area contributed by atoms with E-state index < -0.39 is 5.91 Å². The highest BCUT2D eigenvalue weighted by molar-refractivity contribution is 8.00. The van der Waals surface area contributed by atoms with Gasteiger partial charge >= 0.3 is 0 Å². The van der Waals surface area contributed by atoms with Crippen molar-refractivity contribution in [1.82, 2.24) is 39.3 Å². The zero-order chi connectivity index (χ0) is 41.8. The maximum absolute atomic E-state index is 11.9. The standard InChI is InChI=1S/C24H29N5S.C23H27N5OS/c1-3-4-7-21-17-29(9-10-30-21)15-18-6-5-8-22-23(19-14-26-28(2)16-19)12-20(13-25)27-24(22)11-18;1-14-7-18(14)22-13-28(5-6-30-22)11-15-3-4-17-19(16-10-25-27(2)12-16)9-21(23(24)29)26-20(17)8-15/h6,8,11-12,14,16,21H,3-5,7,9-10,15,17H2,1-2H3;3-4,8-10,12,14,18,22H,5-7,11,13H2,1-2H3,(H2,24,29). The molecule has 2 N–H and O–H groups in total. The van der Waals surface area contributed by atoms with Gasteiger partial charge < -0.3 is 5.73 Å². The van der Waals surface area contributed by atoms with E-state index >= 15 is 0 Å². The molecule has 11 nitrogen and oxygen atoms in total. The van der Waals surface area contributed by atoms with Crippen LogP contribution in [0.3, 0.4) is 0 Å². The first-order chi connectivity index (χ1) is 29.1. The Labute approximate surface area is 361 Å². The Morgan fingerprint density at radius 1 is 0.933 bits per heavy atom. The van der Waals surface area contributed by atoms with Gasteiger partial charge in [0.25, 0.3) is 5.91 Å². The molecule has 0 radical (unpaired) electrons. The van der Waals surface area contributed by atoms with Gasteiger partial charge in [-0.15, -0.1) is 0 Å². The molecule has 60 heavy (non-hydrogen) atoms. The summed E-state index contributed by atoms with van der Waals surface area (Å²) in [7, 11) is 3.79. The average molecular weight is 841 g/mol. The smallest absolute Gasteiger partial charge is 0.267 e. The molecule has 9 rings (SSSR count). The number of thioether (sulfide) groups is 2. The Morgan fingerprint density at radius 3 is 2.35 bits per heavy atom. The predicted octanol–water partition coefficient (Wildman–Crippen LogP) is 6.16. The number of allylic oxidation sites excluding steroid dienone is 1. The lowest BCUT2D eigenvalue weighted by Gasteiger charge is -2.32. The fourth-order valence-electron chi connectivity index (χ4n) is 8.78. The molecule has 312 valence electrons. The maximum atomic E-state index is 11.9. The number of amides is 1. The number of unbranched alkanes of at least 4 members (excludes halogenated alkanes) is 1. The highest BCUT2D eigenvalue weighted by Gasteiger charge is 2.41. The van der Waals surface area contributed by atoms with E-state index in [1.54, 1.807) is 21.6 Å². The second-order valence-corrected chi connectivity index (χ2v) is 19.6. The number of primary amides is 1. The second-order valence-electron chi connectivity index (χ2n) is 16.8. The van der Waals surface area contributed by atoms with Crippen LogP contribution >= 0.6 is 23.5 Å². The van der Waals surface area contributed by atoms with Crippen LogP contribution in [0.1, 0.15) is 67.7 Å². The number of benzene rings is 1. The first-order valence-corrected chi connectivity index (χ1v) is 23.4.